The van der Waals surface area contributed by atoms with E-state index in [0.717, 1.165) is 32.0 Å². The summed E-state index contributed by atoms with van der Waals surface area (Å²) in [6.07, 6.45) is 52.7. The predicted octanol–water partition coefficient (Wildman–Crippen LogP) is 13.8. The molecule has 1 rings (SSSR count). The number of allylic oxidation sites excluding steroid dienone is 8. The molecule has 0 aromatic carbocycles. The summed E-state index contributed by atoms with van der Waals surface area (Å²) in [6.45, 7) is 8.73. The van der Waals surface area contributed by atoms with Crippen LogP contribution in [-0.2, 0) is 9.47 Å². The van der Waals surface area contributed by atoms with Crippen LogP contribution in [-0.4, -0.2) is 25.4 Å². The van der Waals surface area contributed by atoms with Crippen LogP contribution in [0, 0.1) is 5.92 Å². The Morgan fingerprint density at radius 1 is 0.432 bits per heavy atom. The van der Waals surface area contributed by atoms with E-state index in [-0.39, 0.29) is 0 Å². The van der Waals surface area contributed by atoms with Crippen molar-refractivity contribution in [3.05, 3.63) is 48.6 Å². The van der Waals surface area contributed by atoms with Crippen LogP contribution >= 0.6 is 0 Å². The molecule has 0 radical (unpaired) electrons. The van der Waals surface area contributed by atoms with Gasteiger partial charge in [-0.15, -0.1) is 0 Å². The number of hydrogen-bond donors (Lipinski definition) is 0. The minimum Gasteiger partial charge on any atom is -0.376 e. The molecule has 1 saturated carbocycles. The highest BCUT2D eigenvalue weighted by Crippen LogP contribution is 2.29. The van der Waals surface area contributed by atoms with E-state index in [1.807, 2.05) is 0 Å². The van der Waals surface area contributed by atoms with Crippen LogP contribution in [0.3, 0.4) is 0 Å². The molecule has 0 unspecified atom stereocenters. The van der Waals surface area contributed by atoms with Crippen molar-refractivity contribution in [1.82, 2.24) is 0 Å². The lowest BCUT2D eigenvalue weighted by Gasteiger charge is -2.34. The van der Waals surface area contributed by atoms with E-state index in [2.05, 4.69) is 69.4 Å². The molecule has 0 amide bonds. The first-order valence-corrected chi connectivity index (χ1v) is 19.6. The van der Waals surface area contributed by atoms with Crippen LogP contribution < -0.4 is 0 Å². The average Bonchev–Trinajstić information content (AvgIpc) is 3.03. The molecule has 256 valence electrons. The minimum absolute atomic E-state index is 0.316. The maximum atomic E-state index is 6.42. The molecular weight excluding hydrogens is 536 g/mol. The summed E-state index contributed by atoms with van der Waals surface area (Å²) in [4.78, 5) is 0. The topological polar surface area (TPSA) is 18.5 Å². The summed E-state index contributed by atoms with van der Waals surface area (Å²) in [7, 11) is 0. The first-order chi connectivity index (χ1) is 21.8. The van der Waals surface area contributed by atoms with Gasteiger partial charge in [-0.25, -0.2) is 0 Å². The summed E-state index contributed by atoms with van der Waals surface area (Å²) in [5.41, 5.74) is 0. The van der Waals surface area contributed by atoms with Crippen molar-refractivity contribution in [1.29, 1.82) is 0 Å². The Kier molecular flexibility index (Phi) is 30.9. The van der Waals surface area contributed by atoms with Crippen LogP contribution in [0.2, 0.25) is 0 Å². The number of unbranched alkanes of at least 4 members (excludes halogenated alkanes) is 17. The van der Waals surface area contributed by atoms with Gasteiger partial charge in [-0.2, -0.15) is 0 Å². The maximum absolute atomic E-state index is 6.42. The zero-order chi connectivity index (χ0) is 31.6. The van der Waals surface area contributed by atoms with Gasteiger partial charge >= 0.3 is 0 Å². The summed E-state index contributed by atoms with van der Waals surface area (Å²) < 4.78 is 12.8. The van der Waals surface area contributed by atoms with Gasteiger partial charge in [-0.1, -0.05) is 146 Å². The smallest absolute Gasteiger partial charge is 0.0839 e. The van der Waals surface area contributed by atoms with Crippen LogP contribution in [0.1, 0.15) is 188 Å². The predicted molar refractivity (Wildman–Crippen MR) is 197 cm³/mol. The molecule has 2 nitrogen and oxygen atoms in total. The second kappa shape index (κ2) is 33.2. The monoisotopic (exact) mass is 613 g/mol. The van der Waals surface area contributed by atoms with Crippen molar-refractivity contribution in [2.24, 2.45) is 5.92 Å². The molecule has 0 aromatic rings. The molecule has 0 saturated heterocycles. The molecule has 44 heavy (non-hydrogen) atoms. The highest BCUT2D eigenvalue weighted by molar-refractivity contribution is 4.93. The fourth-order valence-corrected chi connectivity index (χ4v) is 6.13. The minimum atomic E-state index is 0.316. The number of hydrogen-bond acceptors (Lipinski definition) is 2. The molecule has 0 spiro atoms. The van der Waals surface area contributed by atoms with Crippen molar-refractivity contribution >= 4 is 0 Å². The van der Waals surface area contributed by atoms with Gasteiger partial charge in [-0.05, 0) is 95.8 Å². The standard InChI is InChI=1S/C42H76O2/c1-4-6-8-10-12-14-16-18-20-22-24-26-28-30-32-34-38-44-42-39-40(3)35-36-41(42)43-37-33-31-29-27-25-23-21-19-17-15-13-11-9-7-5-2/h11-14,17-20,40-42H,4-10,15-16,21-39H2,1-3H3/b13-11-,14-12-,19-17-,20-18-/t40-,41+,42-/m1/s1. The molecule has 0 bridgehead atoms. The average molecular weight is 613 g/mol. The fraction of sp³-hybridized carbons (Fsp3) is 0.810. The lowest BCUT2D eigenvalue weighted by atomic mass is 9.86. The number of rotatable bonds is 31. The Hall–Kier alpha value is -1.12. The van der Waals surface area contributed by atoms with Gasteiger partial charge < -0.3 is 9.47 Å². The lowest BCUT2D eigenvalue weighted by Crippen LogP contribution is -2.37. The van der Waals surface area contributed by atoms with E-state index in [4.69, 9.17) is 9.47 Å². The van der Waals surface area contributed by atoms with Gasteiger partial charge in [0.2, 0.25) is 0 Å². The van der Waals surface area contributed by atoms with E-state index in [1.165, 1.54) is 154 Å². The highest BCUT2D eigenvalue weighted by atomic mass is 16.5. The first-order valence-electron chi connectivity index (χ1n) is 19.6. The largest absolute Gasteiger partial charge is 0.376 e. The third kappa shape index (κ3) is 27.2. The molecule has 0 aliphatic heterocycles. The lowest BCUT2D eigenvalue weighted by molar-refractivity contribution is -0.102. The van der Waals surface area contributed by atoms with Gasteiger partial charge in [-0.3, -0.25) is 0 Å². The van der Waals surface area contributed by atoms with Gasteiger partial charge in [0.25, 0.3) is 0 Å². The van der Waals surface area contributed by atoms with Crippen LogP contribution in [0.15, 0.2) is 48.6 Å². The van der Waals surface area contributed by atoms with Crippen molar-refractivity contribution in [2.75, 3.05) is 13.2 Å². The Bertz CT molecular complexity index is 690. The second-order valence-electron chi connectivity index (χ2n) is 13.6. The quantitative estimate of drug-likeness (QED) is 0.0573. The zero-order valence-corrected chi connectivity index (χ0v) is 30.0. The Balaban J connectivity index is 1.96. The van der Waals surface area contributed by atoms with Gasteiger partial charge in [0.15, 0.2) is 0 Å². The molecular formula is C42H76O2. The molecule has 0 N–H and O–H groups in total. The van der Waals surface area contributed by atoms with Crippen molar-refractivity contribution in [3.63, 3.8) is 0 Å². The van der Waals surface area contributed by atoms with Crippen molar-refractivity contribution < 1.29 is 9.47 Å². The Morgan fingerprint density at radius 2 is 0.841 bits per heavy atom. The van der Waals surface area contributed by atoms with Crippen LogP contribution in [0.4, 0.5) is 0 Å². The molecule has 1 aliphatic carbocycles. The molecule has 0 heterocycles. The molecule has 0 aromatic heterocycles. The Morgan fingerprint density at radius 3 is 1.34 bits per heavy atom. The van der Waals surface area contributed by atoms with E-state index >= 15 is 0 Å². The van der Waals surface area contributed by atoms with E-state index in [1.54, 1.807) is 0 Å². The first kappa shape index (κ1) is 40.9. The maximum Gasteiger partial charge on any atom is 0.0839 e. The molecule has 2 heteroatoms. The zero-order valence-electron chi connectivity index (χ0n) is 30.0. The number of ether oxygens (including phenoxy) is 2. The van der Waals surface area contributed by atoms with E-state index in [9.17, 15) is 0 Å². The SMILES string of the molecule is CCCC/C=C\C/C=C\CCCCCCCCO[C@H]1CC[C@@H](C)C[C@H]1OCCCCCCCC/C=C\C/C=C\CCCCC. The normalized spacial score (nSPS) is 19.5. The van der Waals surface area contributed by atoms with Gasteiger partial charge in [0.1, 0.15) is 0 Å². The Labute approximate surface area is 276 Å². The summed E-state index contributed by atoms with van der Waals surface area (Å²) >= 11 is 0. The summed E-state index contributed by atoms with van der Waals surface area (Å²) in [6, 6.07) is 0. The van der Waals surface area contributed by atoms with Crippen molar-refractivity contribution in [2.45, 2.75) is 200 Å². The second-order valence-corrected chi connectivity index (χ2v) is 13.6. The van der Waals surface area contributed by atoms with Crippen LogP contribution in [0.5, 0.6) is 0 Å². The summed E-state index contributed by atoms with van der Waals surface area (Å²) in [5, 5.41) is 0. The fourth-order valence-electron chi connectivity index (χ4n) is 6.13. The molecule has 1 aliphatic rings. The van der Waals surface area contributed by atoms with Gasteiger partial charge in [0.05, 0.1) is 12.2 Å². The van der Waals surface area contributed by atoms with Gasteiger partial charge in [0, 0.05) is 13.2 Å². The summed E-state index contributed by atoms with van der Waals surface area (Å²) in [5.74, 6) is 0.771. The highest BCUT2D eigenvalue weighted by Gasteiger charge is 2.29. The molecule has 1 fully saturated rings. The van der Waals surface area contributed by atoms with Crippen molar-refractivity contribution in [3.8, 4) is 0 Å². The third-order valence-corrected chi connectivity index (χ3v) is 9.10. The van der Waals surface area contributed by atoms with E-state index < -0.39 is 0 Å². The van der Waals surface area contributed by atoms with Crippen LogP contribution in [0.25, 0.3) is 0 Å². The van der Waals surface area contributed by atoms with E-state index in [0.29, 0.717) is 12.2 Å². The third-order valence-electron chi connectivity index (χ3n) is 9.10. The molecule has 3 atom stereocenters.